The third kappa shape index (κ3) is 3.84. The summed E-state index contributed by atoms with van der Waals surface area (Å²) < 4.78 is 10.8. The van der Waals surface area contributed by atoms with Crippen LogP contribution in [0.15, 0.2) is 59.1 Å². The topological polar surface area (TPSA) is 38.5 Å². The Morgan fingerprint density at radius 2 is 1.83 bits per heavy atom. The second-order valence-electron chi connectivity index (χ2n) is 6.02. The molecule has 4 nitrogen and oxygen atoms in total. The fourth-order valence-corrected chi connectivity index (χ4v) is 2.80. The number of hydrogen-bond acceptors (Lipinski definition) is 4. The molecule has 0 fully saturated rings. The molecule has 0 aliphatic heterocycles. The lowest BCUT2D eigenvalue weighted by molar-refractivity contribution is 0.267. The molecule has 2 aromatic carbocycles. The molecule has 0 amide bonds. The van der Waals surface area contributed by atoms with Crippen LogP contribution in [0, 0.1) is 6.92 Å². The van der Waals surface area contributed by atoms with Gasteiger partial charge >= 0.3 is 0 Å². The summed E-state index contributed by atoms with van der Waals surface area (Å²) in [7, 11) is 3.77. The number of ether oxygens (including phenoxy) is 1. The van der Waals surface area contributed by atoms with Crippen molar-refractivity contribution in [1.29, 1.82) is 0 Å². The summed E-state index contributed by atoms with van der Waals surface area (Å²) in [5.41, 5.74) is 4.34. The number of benzene rings is 2. The number of nitrogens with zero attached hydrogens (tertiary/aromatic N) is 2. The zero-order valence-corrected chi connectivity index (χ0v) is 14.3. The quantitative estimate of drug-likeness (QED) is 0.678. The molecule has 0 saturated heterocycles. The standard InChI is InChI=1S/C20H22N2O2/c1-15-11-16(9-10-20(15)23-3)13-22(2)14-18-12-19(21-24-18)17-7-5-4-6-8-17/h4-12H,13-14H2,1-3H3. The number of hydrogen-bond donors (Lipinski definition) is 0. The molecule has 0 unspecified atom stereocenters. The Balaban J connectivity index is 1.64. The minimum atomic E-state index is 0.713. The molecule has 3 rings (SSSR count). The van der Waals surface area contributed by atoms with Gasteiger partial charge in [0.15, 0.2) is 5.76 Å². The van der Waals surface area contributed by atoms with Gasteiger partial charge in [0.25, 0.3) is 0 Å². The lowest BCUT2D eigenvalue weighted by Crippen LogP contribution is -2.16. The first kappa shape index (κ1) is 16.3. The van der Waals surface area contributed by atoms with Crippen LogP contribution in [-0.4, -0.2) is 24.2 Å². The van der Waals surface area contributed by atoms with E-state index in [4.69, 9.17) is 9.26 Å². The Morgan fingerprint density at radius 1 is 1.04 bits per heavy atom. The molecule has 1 heterocycles. The van der Waals surface area contributed by atoms with Crippen molar-refractivity contribution in [2.45, 2.75) is 20.0 Å². The van der Waals surface area contributed by atoms with Crippen molar-refractivity contribution in [1.82, 2.24) is 10.1 Å². The van der Waals surface area contributed by atoms with Crippen LogP contribution < -0.4 is 4.74 Å². The van der Waals surface area contributed by atoms with Gasteiger partial charge in [0.2, 0.25) is 0 Å². The minimum Gasteiger partial charge on any atom is -0.496 e. The van der Waals surface area contributed by atoms with Crippen LogP contribution in [0.5, 0.6) is 5.75 Å². The molecule has 0 aliphatic carbocycles. The predicted molar refractivity (Wildman–Crippen MR) is 94.8 cm³/mol. The van der Waals surface area contributed by atoms with E-state index in [0.717, 1.165) is 34.9 Å². The average Bonchev–Trinajstić information content (AvgIpc) is 3.04. The van der Waals surface area contributed by atoms with Gasteiger partial charge in [-0.05, 0) is 31.2 Å². The molecule has 24 heavy (non-hydrogen) atoms. The molecule has 3 aromatic rings. The summed E-state index contributed by atoms with van der Waals surface area (Å²) in [6.45, 7) is 3.61. The average molecular weight is 322 g/mol. The molecule has 0 saturated carbocycles. The number of rotatable bonds is 6. The minimum absolute atomic E-state index is 0.713. The van der Waals surface area contributed by atoms with Crippen molar-refractivity contribution in [2.75, 3.05) is 14.2 Å². The molecule has 1 aromatic heterocycles. The third-order valence-electron chi connectivity index (χ3n) is 3.97. The van der Waals surface area contributed by atoms with E-state index in [-0.39, 0.29) is 0 Å². The molecular weight excluding hydrogens is 300 g/mol. The van der Waals surface area contributed by atoms with E-state index < -0.39 is 0 Å². The van der Waals surface area contributed by atoms with Crippen LogP contribution in [0.3, 0.4) is 0 Å². The van der Waals surface area contributed by atoms with Gasteiger partial charge in [-0.1, -0.05) is 47.6 Å². The first-order valence-corrected chi connectivity index (χ1v) is 7.99. The summed E-state index contributed by atoms with van der Waals surface area (Å²) in [5, 5.41) is 4.17. The lowest BCUT2D eigenvalue weighted by atomic mass is 10.1. The summed E-state index contributed by atoms with van der Waals surface area (Å²) in [5.74, 6) is 1.78. The normalized spacial score (nSPS) is 11.0. The maximum atomic E-state index is 5.48. The summed E-state index contributed by atoms with van der Waals surface area (Å²) >= 11 is 0. The smallest absolute Gasteiger partial charge is 0.151 e. The highest BCUT2D eigenvalue weighted by Crippen LogP contribution is 2.21. The van der Waals surface area contributed by atoms with E-state index >= 15 is 0 Å². The summed E-state index contributed by atoms with van der Waals surface area (Å²) in [6.07, 6.45) is 0. The second-order valence-corrected chi connectivity index (χ2v) is 6.02. The van der Waals surface area contributed by atoms with E-state index in [9.17, 15) is 0 Å². The Hall–Kier alpha value is -2.59. The Kier molecular flexibility index (Phi) is 4.96. The molecule has 4 heteroatoms. The van der Waals surface area contributed by atoms with E-state index in [1.165, 1.54) is 5.56 Å². The Labute approximate surface area is 142 Å². The highest BCUT2D eigenvalue weighted by atomic mass is 16.5. The van der Waals surface area contributed by atoms with E-state index in [2.05, 4.69) is 36.2 Å². The van der Waals surface area contributed by atoms with Crippen LogP contribution in [0.2, 0.25) is 0 Å². The third-order valence-corrected chi connectivity index (χ3v) is 3.97. The Bertz CT molecular complexity index is 796. The molecule has 0 bridgehead atoms. The highest BCUT2D eigenvalue weighted by Gasteiger charge is 2.10. The van der Waals surface area contributed by atoms with Crippen molar-refractivity contribution in [3.8, 4) is 17.0 Å². The maximum absolute atomic E-state index is 5.48. The van der Waals surface area contributed by atoms with Gasteiger partial charge in [-0.25, -0.2) is 0 Å². The van der Waals surface area contributed by atoms with E-state index in [1.807, 2.05) is 42.5 Å². The molecule has 124 valence electrons. The second kappa shape index (κ2) is 7.32. The number of aromatic nitrogens is 1. The molecule has 0 atom stereocenters. The highest BCUT2D eigenvalue weighted by molar-refractivity contribution is 5.58. The fourth-order valence-electron chi connectivity index (χ4n) is 2.80. The SMILES string of the molecule is COc1ccc(CN(C)Cc2cc(-c3ccccc3)no2)cc1C. The summed E-state index contributed by atoms with van der Waals surface area (Å²) in [4.78, 5) is 2.20. The van der Waals surface area contributed by atoms with E-state index in [1.54, 1.807) is 7.11 Å². The van der Waals surface area contributed by atoms with E-state index in [0.29, 0.717) is 6.54 Å². The molecule has 0 spiro atoms. The first-order chi connectivity index (χ1) is 11.7. The molecular formula is C20H22N2O2. The van der Waals surface area contributed by atoms with Crippen molar-refractivity contribution < 1.29 is 9.26 Å². The largest absolute Gasteiger partial charge is 0.496 e. The van der Waals surface area contributed by atoms with Crippen molar-refractivity contribution in [3.05, 3.63) is 71.5 Å². The molecule has 0 aliphatic rings. The molecule has 0 radical (unpaired) electrons. The number of aryl methyl sites for hydroxylation is 1. The van der Waals surface area contributed by atoms with Crippen molar-refractivity contribution in [3.63, 3.8) is 0 Å². The van der Waals surface area contributed by atoms with Crippen LogP contribution in [0.25, 0.3) is 11.3 Å². The van der Waals surface area contributed by atoms with Crippen LogP contribution in [0.1, 0.15) is 16.9 Å². The van der Waals surface area contributed by atoms with Gasteiger partial charge < -0.3 is 9.26 Å². The zero-order chi connectivity index (χ0) is 16.9. The number of methoxy groups -OCH3 is 1. The summed E-state index contributed by atoms with van der Waals surface area (Å²) in [6, 6.07) is 18.3. The lowest BCUT2D eigenvalue weighted by Gasteiger charge is -2.15. The van der Waals surface area contributed by atoms with Gasteiger partial charge in [-0.15, -0.1) is 0 Å². The monoisotopic (exact) mass is 322 g/mol. The van der Waals surface area contributed by atoms with Gasteiger partial charge in [0.05, 0.1) is 13.7 Å². The van der Waals surface area contributed by atoms with Crippen LogP contribution in [-0.2, 0) is 13.1 Å². The van der Waals surface area contributed by atoms with Crippen LogP contribution in [0.4, 0.5) is 0 Å². The van der Waals surface area contributed by atoms with Gasteiger partial charge in [-0.3, -0.25) is 4.90 Å². The maximum Gasteiger partial charge on any atom is 0.151 e. The van der Waals surface area contributed by atoms with Gasteiger partial charge in [0.1, 0.15) is 11.4 Å². The van der Waals surface area contributed by atoms with Gasteiger partial charge in [0, 0.05) is 18.2 Å². The van der Waals surface area contributed by atoms with Gasteiger partial charge in [-0.2, -0.15) is 0 Å². The Morgan fingerprint density at radius 3 is 2.54 bits per heavy atom. The van der Waals surface area contributed by atoms with Crippen molar-refractivity contribution in [2.24, 2.45) is 0 Å². The first-order valence-electron chi connectivity index (χ1n) is 7.99. The fraction of sp³-hybridized carbons (Fsp3) is 0.250. The van der Waals surface area contributed by atoms with Crippen molar-refractivity contribution >= 4 is 0 Å². The predicted octanol–water partition coefficient (Wildman–Crippen LogP) is 4.29. The molecule has 0 N–H and O–H groups in total. The van der Waals surface area contributed by atoms with Crippen LogP contribution >= 0.6 is 0 Å². The zero-order valence-electron chi connectivity index (χ0n) is 14.3.